The maximum atomic E-state index is 12.5. The highest BCUT2D eigenvalue weighted by atomic mass is 16.5. The second kappa shape index (κ2) is 7.20. The van der Waals surface area contributed by atoms with Gasteiger partial charge in [0.25, 0.3) is 0 Å². The quantitative estimate of drug-likeness (QED) is 0.902. The smallest absolute Gasteiger partial charge is 0.229 e. The molecule has 0 radical (unpaired) electrons. The van der Waals surface area contributed by atoms with Crippen LogP contribution in [0.2, 0.25) is 0 Å². The van der Waals surface area contributed by atoms with E-state index >= 15 is 0 Å². The van der Waals surface area contributed by atoms with Gasteiger partial charge in [0.05, 0.1) is 5.92 Å². The Morgan fingerprint density at radius 2 is 1.65 bits per heavy atom. The Morgan fingerprint density at radius 1 is 1.04 bits per heavy atom. The van der Waals surface area contributed by atoms with Crippen LogP contribution in [0.25, 0.3) is 0 Å². The Hall–Kier alpha value is -2.82. The summed E-state index contributed by atoms with van der Waals surface area (Å²) in [6.45, 7) is 6.41. The molecule has 136 valence electrons. The lowest BCUT2D eigenvalue weighted by molar-refractivity contribution is -0.131. The van der Waals surface area contributed by atoms with Gasteiger partial charge in [0.2, 0.25) is 11.8 Å². The highest BCUT2D eigenvalue weighted by Crippen LogP contribution is 2.27. The lowest BCUT2D eigenvalue weighted by Crippen LogP contribution is -2.42. The summed E-state index contributed by atoms with van der Waals surface area (Å²) in [5, 5.41) is 2.89. The van der Waals surface area contributed by atoms with E-state index in [0.29, 0.717) is 18.0 Å². The van der Waals surface area contributed by atoms with Gasteiger partial charge < -0.3 is 15.0 Å². The number of carbonyl (C=O) groups excluding carboxylic acids is 2. The van der Waals surface area contributed by atoms with E-state index in [4.69, 9.17) is 4.74 Å². The highest BCUT2D eigenvalue weighted by molar-refractivity contribution is 5.97. The Kier molecular flexibility index (Phi) is 4.98. The molecule has 1 aliphatic rings. The molecule has 0 spiro atoms. The summed E-state index contributed by atoms with van der Waals surface area (Å²) in [6, 6.07) is 16.7. The Bertz CT molecular complexity index is 779. The molecule has 1 N–H and O–H groups in total. The van der Waals surface area contributed by atoms with Gasteiger partial charge in [0.15, 0.2) is 0 Å². The largest absolute Gasteiger partial charge is 0.457 e. The third kappa shape index (κ3) is 4.23. The van der Waals surface area contributed by atoms with Crippen LogP contribution in [-0.4, -0.2) is 28.8 Å². The van der Waals surface area contributed by atoms with Crippen molar-refractivity contribution in [3.05, 3.63) is 54.6 Å². The predicted octanol–water partition coefficient (Wildman–Crippen LogP) is 4.06. The Balaban J connectivity index is 1.59. The number of anilines is 1. The van der Waals surface area contributed by atoms with Crippen molar-refractivity contribution in [1.82, 2.24) is 4.90 Å². The first-order chi connectivity index (χ1) is 12.3. The number of hydrogen-bond donors (Lipinski definition) is 1. The van der Waals surface area contributed by atoms with Crippen molar-refractivity contribution < 1.29 is 14.3 Å². The summed E-state index contributed by atoms with van der Waals surface area (Å²) >= 11 is 0. The van der Waals surface area contributed by atoms with Crippen molar-refractivity contribution >= 4 is 17.5 Å². The molecule has 0 aromatic heterocycles. The van der Waals surface area contributed by atoms with Crippen LogP contribution in [0.1, 0.15) is 27.2 Å². The van der Waals surface area contributed by atoms with E-state index in [-0.39, 0.29) is 29.7 Å². The maximum Gasteiger partial charge on any atom is 0.229 e. The van der Waals surface area contributed by atoms with Crippen molar-refractivity contribution in [2.24, 2.45) is 5.92 Å². The molecule has 1 saturated heterocycles. The summed E-state index contributed by atoms with van der Waals surface area (Å²) in [5.74, 6) is 1.05. The molecule has 5 heteroatoms. The van der Waals surface area contributed by atoms with Crippen LogP contribution in [0.5, 0.6) is 11.5 Å². The topological polar surface area (TPSA) is 58.6 Å². The fourth-order valence-corrected chi connectivity index (χ4v) is 3.01. The molecule has 1 aliphatic heterocycles. The van der Waals surface area contributed by atoms with Crippen LogP contribution in [-0.2, 0) is 9.59 Å². The molecular formula is C21H24N2O3. The maximum absolute atomic E-state index is 12.5. The van der Waals surface area contributed by atoms with Crippen molar-refractivity contribution in [2.75, 3.05) is 11.9 Å². The molecule has 2 amide bonds. The first-order valence-electron chi connectivity index (χ1n) is 8.77. The third-order valence-corrected chi connectivity index (χ3v) is 4.41. The number of para-hydroxylation sites is 1. The van der Waals surface area contributed by atoms with E-state index < -0.39 is 0 Å². The monoisotopic (exact) mass is 352 g/mol. The Morgan fingerprint density at radius 3 is 2.23 bits per heavy atom. The van der Waals surface area contributed by atoms with Gasteiger partial charge in [-0.1, -0.05) is 18.2 Å². The molecule has 1 fully saturated rings. The summed E-state index contributed by atoms with van der Waals surface area (Å²) in [5.41, 5.74) is 0.430. The molecule has 1 unspecified atom stereocenters. The molecule has 0 bridgehead atoms. The minimum atomic E-state index is -0.318. The second-order valence-electron chi connectivity index (χ2n) is 7.50. The number of ether oxygens (including phenoxy) is 1. The van der Waals surface area contributed by atoms with Gasteiger partial charge in [0.1, 0.15) is 11.5 Å². The first kappa shape index (κ1) is 18.0. The summed E-state index contributed by atoms with van der Waals surface area (Å²) in [7, 11) is 0. The van der Waals surface area contributed by atoms with E-state index in [1.54, 1.807) is 17.0 Å². The molecule has 0 aliphatic carbocycles. The van der Waals surface area contributed by atoms with Crippen molar-refractivity contribution in [1.29, 1.82) is 0 Å². The van der Waals surface area contributed by atoms with Crippen molar-refractivity contribution in [2.45, 2.75) is 32.7 Å². The van der Waals surface area contributed by atoms with Crippen LogP contribution >= 0.6 is 0 Å². The van der Waals surface area contributed by atoms with Crippen molar-refractivity contribution in [3.63, 3.8) is 0 Å². The fraction of sp³-hybridized carbons (Fsp3) is 0.333. The number of hydrogen-bond acceptors (Lipinski definition) is 3. The molecule has 3 rings (SSSR count). The number of rotatable bonds is 4. The van der Waals surface area contributed by atoms with Crippen LogP contribution in [0.15, 0.2) is 54.6 Å². The SMILES string of the molecule is CC(C)(C)N1CC(C(=O)Nc2ccc(Oc3ccccc3)cc2)CC1=O. The Labute approximate surface area is 154 Å². The zero-order chi connectivity index (χ0) is 18.7. The van der Waals surface area contributed by atoms with Crippen LogP contribution in [0.4, 0.5) is 5.69 Å². The van der Waals surface area contributed by atoms with Gasteiger partial charge in [-0.2, -0.15) is 0 Å². The van der Waals surface area contributed by atoms with E-state index in [2.05, 4.69) is 5.32 Å². The standard InChI is InChI=1S/C21H24N2O3/c1-21(2,3)23-14-15(13-19(23)24)20(25)22-16-9-11-18(12-10-16)26-17-7-5-4-6-8-17/h4-12,15H,13-14H2,1-3H3,(H,22,25). The van der Waals surface area contributed by atoms with Crippen LogP contribution in [0, 0.1) is 5.92 Å². The highest BCUT2D eigenvalue weighted by Gasteiger charge is 2.39. The lowest BCUT2D eigenvalue weighted by atomic mass is 10.1. The molecule has 2 aromatic carbocycles. The molecule has 1 atom stereocenters. The first-order valence-corrected chi connectivity index (χ1v) is 8.77. The number of nitrogens with zero attached hydrogens (tertiary/aromatic N) is 1. The zero-order valence-electron chi connectivity index (χ0n) is 15.4. The predicted molar refractivity (Wildman–Crippen MR) is 101 cm³/mol. The average Bonchev–Trinajstić information content (AvgIpc) is 3.00. The fourth-order valence-electron chi connectivity index (χ4n) is 3.01. The number of nitrogens with one attached hydrogen (secondary N) is 1. The van der Waals surface area contributed by atoms with Gasteiger partial charge in [-0.25, -0.2) is 0 Å². The molecule has 1 heterocycles. The minimum Gasteiger partial charge on any atom is -0.457 e. The van der Waals surface area contributed by atoms with E-state index in [9.17, 15) is 9.59 Å². The molecule has 5 nitrogen and oxygen atoms in total. The molecular weight excluding hydrogens is 328 g/mol. The third-order valence-electron chi connectivity index (χ3n) is 4.41. The summed E-state index contributed by atoms with van der Waals surface area (Å²) in [6.07, 6.45) is 0.262. The number of amides is 2. The van der Waals surface area contributed by atoms with Crippen LogP contribution in [0.3, 0.4) is 0 Å². The van der Waals surface area contributed by atoms with Gasteiger partial charge in [-0.3, -0.25) is 9.59 Å². The average molecular weight is 352 g/mol. The van der Waals surface area contributed by atoms with Crippen molar-refractivity contribution in [3.8, 4) is 11.5 Å². The summed E-state index contributed by atoms with van der Waals surface area (Å²) in [4.78, 5) is 26.4. The number of likely N-dealkylation sites (tertiary alicyclic amines) is 1. The van der Waals surface area contributed by atoms with Gasteiger partial charge in [0, 0.05) is 24.2 Å². The number of benzene rings is 2. The zero-order valence-corrected chi connectivity index (χ0v) is 15.4. The molecule has 26 heavy (non-hydrogen) atoms. The van der Waals surface area contributed by atoms with Gasteiger partial charge in [-0.15, -0.1) is 0 Å². The van der Waals surface area contributed by atoms with E-state index in [1.807, 2.05) is 63.2 Å². The second-order valence-corrected chi connectivity index (χ2v) is 7.50. The minimum absolute atomic E-state index is 0.0317. The van der Waals surface area contributed by atoms with E-state index in [1.165, 1.54) is 0 Å². The lowest BCUT2D eigenvalue weighted by Gasteiger charge is -2.31. The van der Waals surface area contributed by atoms with Crippen LogP contribution < -0.4 is 10.1 Å². The molecule has 0 saturated carbocycles. The number of carbonyl (C=O) groups is 2. The van der Waals surface area contributed by atoms with E-state index in [0.717, 1.165) is 5.75 Å². The van der Waals surface area contributed by atoms with Gasteiger partial charge in [-0.05, 0) is 57.2 Å². The normalized spacial score (nSPS) is 17.3. The molecule has 2 aromatic rings. The summed E-state index contributed by atoms with van der Waals surface area (Å²) < 4.78 is 5.74. The van der Waals surface area contributed by atoms with Gasteiger partial charge >= 0.3 is 0 Å².